The largest absolute Gasteiger partial charge is 0.479 e. The van der Waals surface area contributed by atoms with Gasteiger partial charge in [-0.15, -0.1) is 0 Å². The van der Waals surface area contributed by atoms with E-state index in [4.69, 9.17) is 21.7 Å². The van der Waals surface area contributed by atoms with Gasteiger partial charge in [-0.05, 0) is 18.6 Å². The topological polar surface area (TPSA) is 65.0 Å². The zero-order chi connectivity index (χ0) is 12.5. The van der Waals surface area contributed by atoms with E-state index in [1.165, 1.54) is 6.33 Å². The van der Waals surface area contributed by atoms with E-state index in [1.807, 2.05) is 4.57 Å². The Morgan fingerprint density at radius 2 is 2.50 bits per heavy atom. The molecule has 6 nitrogen and oxygen atoms in total. The fraction of sp³-hybridized carbons (Fsp3) is 0.545. The maximum atomic E-state index is 5.39. The van der Waals surface area contributed by atoms with Gasteiger partial charge >= 0.3 is 0 Å². The van der Waals surface area contributed by atoms with Gasteiger partial charge in [0.1, 0.15) is 11.8 Å². The second-order valence-corrected chi connectivity index (χ2v) is 4.74. The lowest BCUT2D eigenvalue weighted by atomic mass is 10.1. The van der Waals surface area contributed by atoms with Crippen molar-refractivity contribution in [2.75, 3.05) is 20.3 Å². The molecule has 0 aliphatic carbocycles. The molecule has 2 aromatic rings. The van der Waals surface area contributed by atoms with Gasteiger partial charge in [0.15, 0.2) is 10.4 Å². The molecule has 1 aliphatic rings. The van der Waals surface area contributed by atoms with E-state index in [0.29, 0.717) is 16.6 Å². The number of aromatic nitrogens is 4. The second kappa shape index (κ2) is 4.66. The monoisotopic (exact) mass is 266 g/mol. The number of methoxy groups -OCH3 is 1. The Balaban J connectivity index is 2.05. The molecule has 0 saturated carbocycles. The maximum absolute atomic E-state index is 5.39. The molecule has 0 spiro atoms. The lowest BCUT2D eigenvalue weighted by Gasteiger charge is -2.08. The van der Waals surface area contributed by atoms with Gasteiger partial charge in [-0.2, -0.15) is 4.98 Å². The summed E-state index contributed by atoms with van der Waals surface area (Å²) in [4.78, 5) is 11.5. The Bertz CT molecular complexity index is 615. The minimum Gasteiger partial charge on any atom is -0.479 e. The average Bonchev–Trinajstić information content (AvgIpc) is 2.99. The van der Waals surface area contributed by atoms with Crippen LogP contribution in [0.1, 0.15) is 6.42 Å². The predicted octanol–water partition coefficient (Wildman–Crippen LogP) is 1.53. The lowest BCUT2D eigenvalue weighted by Crippen LogP contribution is -2.11. The first-order valence-corrected chi connectivity index (χ1v) is 6.25. The van der Waals surface area contributed by atoms with Crippen LogP contribution in [0.3, 0.4) is 0 Å². The summed E-state index contributed by atoms with van der Waals surface area (Å²) in [6.45, 7) is 2.44. The highest BCUT2D eigenvalue weighted by atomic mass is 32.1. The van der Waals surface area contributed by atoms with Crippen LogP contribution in [0.4, 0.5) is 0 Å². The molecule has 0 aromatic carbocycles. The van der Waals surface area contributed by atoms with Crippen molar-refractivity contribution in [3.8, 4) is 5.88 Å². The molecule has 96 valence electrons. The molecular weight excluding hydrogens is 252 g/mol. The van der Waals surface area contributed by atoms with E-state index in [2.05, 4.69) is 15.0 Å². The molecule has 1 aliphatic heterocycles. The number of hydrogen-bond donors (Lipinski definition) is 1. The molecule has 2 aromatic heterocycles. The fourth-order valence-electron chi connectivity index (χ4n) is 2.26. The first kappa shape index (κ1) is 11.6. The number of aromatic amines is 1. The third-order valence-corrected chi connectivity index (χ3v) is 3.51. The summed E-state index contributed by atoms with van der Waals surface area (Å²) in [5.74, 6) is 1.02. The molecule has 7 heteroatoms. The summed E-state index contributed by atoms with van der Waals surface area (Å²) in [5.41, 5.74) is 1.54. The van der Waals surface area contributed by atoms with E-state index < -0.39 is 0 Å². The van der Waals surface area contributed by atoms with Crippen molar-refractivity contribution in [2.45, 2.75) is 13.0 Å². The van der Waals surface area contributed by atoms with Gasteiger partial charge < -0.3 is 19.0 Å². The summed E-state index contributed by atoms with van der Waals surface area (Å²) in [6, 6.07) is 0. The third-order valence-electron chi connectivity index (χ3n) is 3.18. The number of rotatable bonds is 3. The summed E-state index contributed by atoms with van der Waals surface area (Å²) >= 11 is 5.34. The average molecular weight is 266 g/mol. The zero-order valence-electron chi connectivity index (χ0n) is 10.0. The van der Waals surface area contributed by atoms with Crippen molar-refractivity contribution in [3.05, 3.63) is 11.1 Å². The highest BCUT2D eigenvalue weighted by Gasteiger charge is 2.19. The van der Waals surface area contributed by atoms with Crippen molar-refractivity contribution < 1.29 is 9.47 Å². The van der Waals surface area contributed by atoms with Crippen molar-refractivity contribution >= 4 is 23.4 Å². The van der Waals surface area contributed by atoms with Crippen LogP contribution < -0.4 is 4.74 Å². The summed E-state index contributed by atoms with van der Waals surface area (Å²) in [7, 11) is 1.58. The molecular formula is C11H14N4O2S. The molecule has 0 bridgehead atoms. The van der Waals surface area contributed by atoms with Gasteiger partial charge in [0, 0.05) is 19.1 Å². The van der Waals surface area contributed by atoms with Gasteiger partial charge in [-0.3, -0.25) is 0 Å². The molecule has 1 unspecified atom stereocenters. The van der Waals surface area contributed by atoms with Gasteiger partial charge in [0.05, 0.1) is 13.7 Å². The molecule has 0 amide bonds. The third kappa shape index (κ3) is 1.89. The number of fused-ring (bicyclic) bond motifs is 1. The van der Waals surface area contributed by atoms with E-state index >= 15 is 0 Å². The lowest BCUT2D eigenvalue weighted by molar-refractivity contribution is 0.182. The summed E-state index contributed by atoms with van der Waals surface area (Å²) < 4.78 is 13.2. The van der Waals surface area contributed by atoms with E-state index in [1.54, 1.807) is 7.11 Å². The van der Waals surface area contributed by atoms with Crippen LogP contribution in [0.5, 0.6) is 5.88 Å². The zero-order valence-corrected chi connectivity index (χ0v) is 10.9. The molecule has 3 rings (SSSR count). The molecule has 18 heavy (non-hydrogen) atoms. The Kier molecular flexibility index (Phi) is 3.00. The number of hydrogen-bond acceptors (Lipinski definition) is 5. The Hall–Kier alpha value is -1.47. The van der Waals surface area contributed by atoms with E-state index in [0.717, 1.165) is 37.3 Å². The van der Waals surface area contributed by atoms with Crippen LogP contribution in [0, 0.1) is 10.7 Å². The fourth-order valence-corrected chi connectivity index (χ4v) is 2.52. The number of nitrogens with one attached hydrogen (secondary N) is 1. The Morgan fingerprint density at radius 3 is 3.22 bits per heavy atom. The smallest absolute Gasteiger partial charge is 0.242 e. The molecule has 1 fully saturated rings. The minimum atomic E-state index is 0.497. The van der Waals surface area contributed by atoms with Gasteiger partial charge in [-0.25, -0.2) is 4.98 Å². The van der Waals surface area contributed by atoms with E-state index in [9.17, 15) is 0 Å². The van der Waals surface area contributed by atoms with Crippen LogP contribution in [-0.2, 0) is 11.3 Å². The van der Waals surface area contributed by atoms with Crippen molar-refractivity contribution in [1.82, 2.24) is 19.5 Å². The summed E-state index contributed by atoms with van der Waals surface area (Å²) in [6.07, 6.45) is 2.56. The first-order chi connectivity index (χ1) is 8.79. The number of ether oxygens (including phenoxy) is 2. The minimum absolute atomic E-state index is 0.497. The highest BCUT2D eigenvalue weighted by Crippen LogP contribution is 2.22. The second-order valence-electron chi connectivity index (χ2n) is 4.35. The highest BCUT2D eigenvalue weighted by molar-refractivity contribution is 7.71. The molecule has 0 radical (unpaired) electrons. The van der Waals surface area contributed by atoms with Crippen molar-refractivity contribution in [1.29, 1.82) is 0 Å². The van der Waals surface area contributed by atoms with Crippen LogP contribution in [-0.4, -0.2) is 39.8 Å². The molecule has 1 N–H and O–H groups in total. The van der Waals surface area contributed by atoms with Crippen LogP contribution in [0.2, 0.25) is 0 Å². The Morgan fingerprint density at radius 1 is 1.61 bits per heavy atom. The quantitative estimate of drug-likeness (QED) is 0.854. The molecule has 1 atom stereocenters. The standard InChI is InChI=1S/C11H14N4O2S/c1-16-10-8-9(12-6-13-10)15(11(18)14-8)4-7-2-3-17-5-7/h6-7H,2-5H2,1H3,(H,14,18). The van der Waals surface area contributed by atoms with Crippen molar-refractivity contribution in [2.24, 2.45) is 5.92 Å². The van der Waals surface area contributed by atoms with Crippen molar-refractivity contribution in [3.63, 3.8) is 0 Å². The van der Waals surface area contributed by atoms with Crippen LogP contribution in [0.15, 0.2) is 6.33 Å². The number of nitrogens with zero attached hydrogens (tertiary/aromatic N) is 3. The SMILES string of the molecule is COc1ncnc2c1[nH]c(=S)n2CC1CCOC1. The normalized spacial score (nSPS) is 19.5. The van der Waals surface area contributed by atoms with Gasteiger partial charge in [0.25, 0.3) is 0 Å². The van der Waals surface area contributed by atoms with Crippen LogP contribution in [0.25, 0.3) is 11.2 Å². The number of imidazole rings is 1. The molecule has 1 saturated heterocycles. The van der Waals surface area contributed by atoms with Crippen LogP contribution >= 0.6 is 12.2 Å². The van der Waals surface area contributed by atoms with Gasteiger partial charge in [0.2, 0.25) is 5.88 Å². The Labute approximate surface area is 109 Å². The van der Waals surface area contributed by atoms with Gasteiger partial charge in [-0.1, -0.05) is 0 Å². The predicted molar refractivity (Wildman–Crippen MR) is 68.2 cm³/mol. The summed E-state index contributed by atoms with van der Waals surface area (Å²) in [5, 5.41) is 0. The number of H-pyrrole nitrogens is 1. The first-order valence-electron chi connectivity index (χ1n) is 5.85. The van der Waals surface area contributed by atoms with E-state index in [-0.39, 0.29) is 0 Å². The molecule has 3 heterocycles. The maximum Gasteiger partial charge on any atom is 0.242 e.